The summed E-state index contributed by atoms with van der Waals surface area (Å²) in [6, 6.07) is 9.88. The Kier molecular flexibility index (Phi) is 5.16. The molecule has 0 aliphatic carbocycles. The van der Waals surface area contributed by atoms with Gasteiger partial charge in [0.15, 0.2) is 0 Å². The highest BCUT2D eigenvalue weighted by atomic mass is 16.6. The minimum Gasteiger partial charge on any atom is -0.458 e. The first-order valence-electron chi connectivity index (χ1n) is 7.36. The van der Waals surface area contributed by atoms with Gasteiger partial charge in [0.05, 0.1) is 0 Å². The Bertz CT molecular complexity index is 487. The molecule has 0 amide bonds. The molecule has 1 aromatic rings. The number of benzene rings is 1. The molecular weight excluding hydrogens is 248 g/mol. The maximum absolute atomic E-state index is 12.1. The van der Waals surface area contributed by atoms with E-state index in [2.05, 4.69) is 13.5 Å². The van der Waals surface area contributed by atoms with E-state index in [0.29, 0.717) is 0 Å². The molecular formula is C18H22O2. The van der Waals surface area contributed by atoms with Gasteiger partial charge in [-0.25, -0.2) is 4.79 Å². The molecule has 1 aliphatic rings. The number of hydrogen-bond donors (Lipinski definition) is 0. The molecule has 2 atom stereocenters. The summed E-state index contributed by atoms with van der Waals surface area (Å²) in [5, 5.41) is 0. The van der Waals surface area contributed by atoms with Gasteiger partial charge in [0.1, 0.15) is 6.10 Å². The zero-order valence-electron chi connectivity index (χ0n) is 12.0. The topological polar surface area (TPSA) is 26.3 Å². The molecule has 2 nitrogen and oxygen atoms in total. The van der Waals surface area contributed by atoms with Crippen LogP contribution in [0.2, 0.25) is 0 Å². The largest absolute Gasteiger partial charge is 0.458 e. The summed E-state index contributed by atoms with van der Waals surface area (Å²) < 4.78 is 5.52. The summed E-state index contributed by atoms with van der Waals surface area (Å²) in [6.07, 6.45) is 8.09. The highest BCUT2D eigenvalue weighted by molar-refractivity contribution is 5.96. The average Bonchev–Trinajstić information content (AvgIpc) is 2.76. The van der Waals surface area contributed by atoms with Crippen LogP contribution >= 0.6 is 0 Å². The Labute approximate surface area is 121 Å². The molecule has 20 heavy (non-hydrogen) atoms. The fraction of sp³-hybridized carbons (Fsp3) is 0.389. The molecule has 0 unspecified atom stereocenters. The van der Waals surface area contributed by atoms with Gasteiger partial charge in [-0.15, -0.1) is 6.58 Å². The van der Waals surface area contributed by atoms with Crippen LogP contribution in [0.15, 0.2) is 48.6 Å². The number of unbranched alkanes of at least 4 members (excludes halogenated alkanes) is 2. The number of hydrogen-bond acceptors (Lipinski definition) is 2. The lowest BCUT2D eigenvalue weighted by atomic mass is 9.91. The molecule has 0 spiro atoms. The lowest BCUT2D eigenvalue weighted by Crippen LogP contribution is -2.14. The molecule has 1 aromatic carbocycles. The Morgan fingerprint density at radius 3 is 2.65 bits per heavy atom. The Morgan fingerprint density at radius 2 is 2.00 bits per heavy atom. The molecule has 0 saturated carbocycles. The van der Waals surface area contributed by atoms with Gasteiger partial charge in [-0.2, -0.15) is 0 Å². The van der Waals surface area contributed by atoms with E-state index in [4.69, 9.17) is 4.74 Å². The zero-order chi connectivity index (χ0) is 14.4. The van der Waals surface area contributed by atoms with E-state index in [9.17, 15) is 4.79 Å². The summed E-state index contributed by atoms with van der Waals surface area (Å²) in [7, 11) is 0. The summed E-state index contributed by atoms with van der Waals surface area (Å²) in [4.78, 5) is 12.1. The van der Waals surface area contributed by atoms with Crippen molar-refractivity contribution >= 4 is 12.0 Å². The first-order valence-corrected chi connectivity index (χ1v) is 7.36. The van der Waals surface area contributed by atoms with Gasteiger partial charge in [-0.3, -0.25) is 0 Å². The SMILES string of the molecule is C=C[C@H]1/C(=C\c2ccccc2)C(=O)O[C@@H]1CCCCC. The van der Waals surface area contributed by atoms with Crippen LogP contribution in [-0.2, 0) is 9.53 Å². The molecule has 2 rings (SSSR count). The van der Waals surface area contributed by atoms with Crippen LogP contribution in [0.3, 0.4) is 0 Å². The lowest BCUT2D eigenvalue weighted by Gasteiger charge is -2.13. The molecule has 1 saturated heterocycles. The van der Waals surface area contributed by atoms with E-state index in [1.165, 1.54) is 12.8 Å². The highest BCUT2D eigenvalue weighted by Crippen LogP contribution is 2.33. The van der Waals surface area contributed by atoms with E-state index in [-0.39, 0.29) is 18.0 Å². The highest BCUT2D eigenvalue weighted by Gasteiger charge is 2.37. The number of esters is 1. The Balaban J connectivity index is 2.14. The predicted molar refractivity (Wildman–Crippen MR) is 82.1 cm³/mol. The third-order valence-corrected chi connectivity index (χ3v) is 3.72. The molecule has 2 heteroatoms. The van der Waals surface area contributed by atoms with Crippen LogP contribution < -0.4 is 0 Å². The van der Waals surface area contributed by atoms with Crippen LogP contribution in [0.1, 0.15) is 38.2 Å². The van der Waals surface area contributed by atoms with Crippen molar-refractivity contribution in [3.05, 3.63) is 54.1 Å². The van der Waals surface area contributed by atoms with Gasteiger partial charge >= 0.3 is 5.97 Å². The predicted octanol–water partition coefficient (Wildman–Crippen LogP) is 4.38. The Hall–Kier alpha value is -1.83. The van der Waals surface area contributed by atoms with E-state index in [1.54, 1.807) is 0 Å². The molecule has 1 fully saturated rings. The monoisotopic (exact) mass is 270 g/mol. The standard InChI is InChI=1S/C18H22O2/c1-3-5-7-12-17-15(4-2)16(18(19)20-17)13-14-10-8-6-9-11-14/h4,6,8-11,13,15,17H,2-3,5,7,12H2,1H3/b16-13+/t15-,17+/m0/s1. The van der Waals surface area contributed by atoms with Crippen molar-refractivity contribution in [1.82, 2.24) is 0 Å². The van der Waals surface area contributed by atoms with Crippen molar-refractivity contribution < 1.29 is 9.53 Å². The quantitative estimate of drug-likeness (QED) is 0.332. The van der Waals surface area contributed by atoms with Gasteiger partial charge in [-0.1, -0.05) is 56.2 Å². The second-order valence-electron chi connectivity index (χ2n) is 5.21. The van der Waals surface area contributed by atoms with Gasteiger partial charge in [0.25, 0.3) is 0 Å². The molecule has 1 heterocycles. The van der Waals surface area contributed by atoms with Gasteiger partial charge < -0.3 is 4.74 Å². The second-order valence-corrected chi connectivity index (χ2v) is 5.21. The minimum atomic E-state index is -0.194. The molecule has 106 valence electrons. The van der Waals surface area contributed by atoms with Crippen molar-refractivity contribution in [2.45, 2.75) is 38.7 Å². The maximum Gasteiger partial charge on any atom is 0.335 e. The van der Waals surface area contributed by atoms with Crippen LogP contribution in [-0.4, -0.2) is 12.1 Å². The van der Waals surface area contributed by atoms with Crippen LogP contribution in [0.4, 0.5) is 0 Å². The fourth-order valence-electron chi connectivity index (χ4n) is 2.61. The molecule has 0 N–H and O–H groups in total. The molecule has 0 radical (unpaired) electrons. The maximum atomic E-state index is 12.1. The number of carbonyl (C=O) groups excluding carboxylic acids is 1. The van der Waals surface area contributed by atoms with Crippen molar-refractivity contribution in [2.24, 2.45) is 5.92 Å². The molecule has 0 bridgehead atoms. The van der Waals surface area contributed by atoms with Crippen LogP contribution in [0.25, 0.3) is 6.08 Å². The summed E-state index contributed by atoms with van der Waals surface area (Å²) >= 11 is 0. The number of carbonyl (C=O) groups is 1. The van der Waals surface area contributed by atoms with Gasteiger partial charge in [-0.05, 0) is 24.5 Å². The van der Waals surface area contributed by atoms with Gasteiger partial charge in [0.2, 0.25) is 0 Å². The minimum absolute atomic E-state index is 0.0135. The first kappa shape index (κ1) is 14.6. The van der Waals surface area contributed by atoms with Crippen LogP contribution in [0.5, 0.6) is 0 Å². The lowest BCUT2D eigenvalue weighted by molar-refractivity contribution is -0.139. The van der Waals surface area contributed by atoms with E-state index < -0.39 is 0 Å². The fourth-order valence-corrected chi connectivity index (χ4v) is 2.61. The van der Waals surface area contributed by atoms with E-state index in [1.807, 2.05) is 42.5 Å². The third kappa shape index (κ3) is 3.38. The van der Waals surface area contributed by atoms with Crippen LogP contribution in [0, 0.1) is 5.92 Å². The van der Waals surface area contributed by atoms with Gasteiger partial charge in [0, 0.05) is 11.5 Å². The summed E-state index contributed by atoms with van der Waals surface area (Å²) in [6.45, 7) is 6.05. The summed E-state index contributed by atoms with van der Waals surface area (Å²) in [5.74, 6) is -0.181. The normalized spacial score (nSPS) is 23.9. The number of cyclic esters (lactones) is 1. The first-order chi connectivity index (χ1) is 9.76. The third-order valence-electron chi connectivity index (χ3n) is 3.72. The van der Waals surface area contributed by atoms with Crippen molar-refractivity contribution in [1.29, 1.82) is 0 Å². The molecule has 0 aromatic heterocycles. The zero-order valence-corrected chi connectivity index (χ0v) is 12.0. The Morgan fingerprint density at radius 1 is 1.25 bits per heavy atom. The van der Waals surface area contributed by atoms with E-state index in [0.717, 1.165) is 24.0 Å². The van der Waals surface area contributed by atoms with E-state index >= 15 is 0 Å². The van der Waals surface area contributed by atoms with Crippen molar-refractivity contribution in [3.8, 4) is 0 Å². The molecule has 1 aliphatic heterocycles. The average molecular weight is 270 g/mol. The van der Waals surface area contributed by atoms with Crippen molar-refractivity contribution in [2.75, 3.05) is 0 Å². The number of ether oxygens (including phenoxy) is 1. The summed E-state index contributed by atoms with van der Waals surface area (Å²) in [5.41, 5.74) is 1.76. The number of rotatable bonds is 6. The van der Waals surface area contributed by atoms with Crippen molar-refractivity contribution in [3.63, 3.8) is 0 Å². The smallest absolute Gasteiger partial charge is 0.335 e. The second kappa shape index (κ2) is 7.09.